The van der Waals surface area contributed by atoms with E-state index in [1.165, 1.54) is 0 Å². The molecule has 6 heteroatoms. The smallest absolute Gasteiger partial charge is 0.141 e. The lowest BCUT2D eigenvalue weighted by molar-refractivity contribution is 0.393. The molecule has 6 nitrogen and oxygen atoms in total. The van der Waals surface area contributed by atoms with E-state index in [9.17, 15) is 0 Å². The largest absolute Gasteiger partial charge is 0.361 e. The normalized spacial score (nSPS) is 11.4. The van der Waals surface area contributed by atoms with E-state index in [2.05, 4.69) is 31.2 Å². The van der Waals surface area contributed by atoms with Crippen LogP contribution < -0.4 is 0 Å². The summed E-state index contributed by atoms with van der Waals surface area (Å²) in [7, 11) is 0. The van der Waals surface area contributed by atoms with Crippen molar-refractivity contribution in [2.24, 2.45) is 0 Å². The average molecular weight is 381 g/mol. The fourth-order valence-electron chi connectivity index (χ4n) is 3.86. The second kappa shape index (κ2) is 6.98. The van der Waals surface area contributed by atoms with Gasteiger partial charge in [0.2, 0.25) is 0 Å². The van der Waals surface area contributed by atoms with Gasteiger partial charge in [0.1, 0.15) is 11.4 Å². The van der Waals surface area contributed by atoms with Crippen molar-refractivity contribution in [2.75, 3.05) is 0 Å². The SMILES string of the molecule is Cc1noc(C)c1-c1cnc2[nH]cc(C(c3ccccn3)c3ccccn3)c2c1. The van der Waals surface area contributed by atoms with Gasteiger partial charge in [-0.25, -0.2) is 4.98 Å². The molecule has 1 N–H and O–H groups in total. The summed E-state index contributed by atoms with van der Waals surface area (Å²) in [5.74, 6) is 0.680. The molecule has 0 saturated heterocycles. The van der Waals surface area contributed by atoms with Crippen molar-refractivity contribution in [3.8, 4) is 11.1 Å². The molecule has 0 bridgehead atoms. The molecule has 5 rings (SSSR count). The van der Waals surface area contributed by atoms with Crippen molar-refractivity contribution < 1.29 is 4.52 Å². The standard InChI is InChI=1S/C23H19N5O/c1-14-21(15(2)29-28-14)16-11-17-18(13-27-23(17)26-12-16)22(19-7-3-5-9-24-19)20-8-4-6-10-25-20/h3-13,22H,1-2H3,(H,26,27). The van der Waals surface area contributed by atoms with Gasteiger partial charge in [0.15, 0.2) is 0 Å². The summed E-state index contributed by atoms with van der Waals surface area (Å²) in [6, 6.07) is 14.0. The van der Waals surface area contributed by atoms with E-state index in [0.717, 1.165) is 50.6 Å². The maximum atomic E-state index is 5.35. The van der Waals surface area contributed by atoms with Crippen LogP contribution in [0.4, 0.5) is 0 Å². The van der Waals surface area contributed by atoms with Crippen molar-refractivity contribution in [3.63, 3.8) is 0 Å². The number of H-pyrrole nitrogens is 1. The Morgan fingerprint density at radius 3 is 2.24 bits per heavy atom. The lowest BCUT2D eigenvalue weighted by Gasteiger charge is -2.16. The minimum atomic E-state index is -0.104. The highest BCUT2D eigenvalue weighted by molar-refractivity contribution is 5.86. The second-order valence-corrected chi connectivity index (χ2v) is 7.01. The Bertz CT molecular complexity index is 1220. The van der Waals surface area contributed by atoms with Crippen molar-refractivity contribution in [1.29, 1.82) is 0 Å². The lowest BCUT2D eigenvalue weighted by Crippen LogP contribution is -2.06. The van der Waals surface area contributed by atoms with Gasteiger partial charge in [0.05, 0.1) is 23.0 Å². The van der Waals surface area contributed by atoms with E-state index in [1.807, 2.05) is 75.0 Å². The van der Waals surface area contributed by atoms with E-state index in [0.29, 0.717) is 0 Å². The summed E-state index contributed by atoms with van der Waals surface area (Å²) in [4.78, 5) is 17.2. The van der Waals surface area contributed by atoms with E-state index in [1.54, 1.807) is 0 Å². The highest BCUT2D eigenvalue weighted by Crippen LogP contribution is 2.36. The predicted octanol–water partition coefficient (Wildman–Crippen LogP) is 4.80. The molecule has 0 radical (unpaired) electrons. The third kappa shape index (κ3) is 2.99. The zero-order valence-electron chi connectivity index (χ0n) is 16.1. The van der Waals surface area contributed by atoms with E-state index >= 15 is 0 Å². The minimum absolute atomic E-state index is 0.104. The zero-order valence-corrected chi connectivity index (χ0v) is 16.1. The Kier molecular flexibility index (Phi) is 4.17. The van der Waals surface area contributed by atoms with Crippen LogP contribution in [-0.4, -0.2) is 25.1 Å². The number of pyridine rings is 3. The van der Waals surface area contributed by atoms with E-state index in [4.69, 9.17) is 4.52 Å². The maximum Gasteiger partial charge on any atom is 0.141 e. The molecule has 0 aliphatic heterocycles. The molecule has 0 spiro atoms. The monoisotopic (exact) mass is 381 g/mol. The summed E-state index contributed by atoms with van der Waals surface area (Å²) in [5.41, 5.74) is 6.61. The topological polar surface area (TPSA) is 80.5 Å². The number of aromatic nitrogens is 5. The Morgan fingerprint density at radius 1 is 0.931 bits per heavy atom. The Morgan fingerprint density at radius 2 is 1.66 bits per heavy atom. The number of nitrogens with zero attached hydrogens (tertiary/aromatic N) is 4. The highest BCUT2D eigenvalue weighted by Gasteiger charge is 2.23. The summed E-state index contributed by atoms with van der Waals surface area (Å²) in [5, 5.41) is 5.11. The molecule has 0 atom stereocenters. The van der Waals surface area contributed by atoms with Gasteiger partial charge in [-0.1, -0.05) is 17.3 Å². The van der Waals surface area contributed by atoms with Crippen molar-refractivity contribution in [3.05, 3.63) is 95.7 Å². The fraction of sp³-hybridized carbons (Fsp3) is 0.130. The molecule has 29 heavy (non-hydrogen) atoms. The molecule has 0 unspecified atom stereocenters. The average Bonchev–Trinajstić information content (AvgIpc) is 3.32. The first-order chi connectivity index (χ1) is 14.2. The first kappa shape index (κ1) is 17.3. The molecule has 5 aromatic heterocycles. The number of hydrogen-bond donors (Lipinski definition) is 1. The Hall–Kier alpha value is -3.80. The van der Waals surface area contributed by atoms with Gasteiger partial charge in [-0.3, -0.25) is 9.97 Å². The molecule has 142 valence electrons. The van der Waals surface area contributed by atoms with Gasteiger partial charge < -0.3 is 9.51 Å². The number of hydrogen-bond acceptors (Lipinski definition) is 5. The van der Waals surface area contributed by atoms with Gasteiger partial charge in [0.25, 0.3) is 0 Å². The summed E-state index contributed by atoms with van der Waals surface area (Å²) in [6.07, 6.45) is 7.48. The third-order valence-corrected chi connectivity index (χ3v) is 5.16. The quantitative estimate of drug-likeness (QED) is 0.483. The maximum absolute atomic E-state index is 5.35. The van der Waals surface area contributed by atoms with Crippen LogP contribution >= 0.6 is 0 Å². The minimum Gasteiger partial charge on any atom is -0.361 e. The Balaban J connectivity index is 1.73. The predicted molar refractivity (Wildman–Crippen MR) is 110 cm³/mol. The van der Waals surface area contributed by atoms with Crippen LogP contribution in [-0.2, 0) is 0 Å². The van der Waals surface area contributed by atoms with Gasteiger partial charge >= 0.3 is 0 Å². The van der Waals surface area contributed by atoms with Crippen LogP contribution in [0.5, 0.6) is 0 Å². The van der Waals surface area contributed by atoms with Crippen molar-refractivity contribution in [1.82, 2.24) is 25.1 Å². The number of aromatic amines is 1. The molecule has 0 aliphatic carbocycles. The molecular formula is C23H19N5O. The molecule has 0 amide bonds. The van der Waals surface area contributed by atoms with Crippen LogP contribution in [0.15, 0.2) is 71.8 Å². The zero-order chi connectivity index (χ0) is 19.8. The number of rotatable bonds is 4. The summed E-state index contributed by atoms with van der Waals surface area (Å²) < 4.78 is 5.35. The summed E-state index contributed by atoms with van der Waals surface area (Å²) >= 11 is 0. The molecule has 0 saturated carbocycles. The van der Waals surface area contributed by atoms with Crippen molar-refractivity contribution >= 4 is 11.0 Å². The van der Waals surface area contributed by atoms with Crippen LogP contribution in [0, 0.1) is 13.8 Å². The van der Waals surface area contributed by atoms with E-state index < -0.39 is 0 Å². The van der Waals surface area contributed by atoms with Gasteiger partial charge in [0, 0.05) is 41.3 Å². The first-order valence-corrected chi connectivity index (χ1v) is 9.44. The van der Waals surface area contributed by atoms with Gasteiger partial charge in [-0.2, -0.15) is 0 Å². The number of aryl methyl sites for hydroxylation is 2. The molecule has 0 fully saturated rings. The molecule has 0 aliphatic rings. The first-order valence-electron chi connectivity index (χ1n) is 9.44. The lowest BCUT2D eigenvalue weighted by atomic mass is 9.91. The second-order valence-electron chi connectivity index (χ2n) is 7.01. The number of nitrogens with one attached hydrogen (secondary N) is 1. The van der Waals surface area contributed by atoms with Crippen LogP contribution in [0.3, 0.4) is 0 Å². The Labute approximate surface area is 167 Å². The van der Waals surface area contributed by atoms with E-state index in [-0.39, 0.29) is 5.92 Å². The van der Waals surface area contributed by atoms with Crippen LogP contribution in [0.1, 0.15) is 34.3 Å². The van der Waals surface area contributed by atoms with Crippen molar-refractivity contribution in [2.45, 2.75) is 19.8 Å². The summed E-state index contributed by atoms with van der Waals surface area (Å²) in [6.45, 7) is 3.86. The van der Waals surface area contributed by atoms with Crippen LogP contribution in [0.2, 0.25) is 0 Å². The molecular weight excluding hydrogens is 362 g/mol. The molecule has 0 aromatic carbocycles. The van der Waals surface area contributed by atoms with Crippen LogP contribution in [0.25, 0.3) is 22.2 Å². The molecule has 5 aromatic rings. The molecule has 5 heterocycles. The third-order valence-electron chi connectivity index (χ3n) is 5.16. The highest BCUT2D eigenvalue weighted by atomic mass is 16.5. The van der Waals surface area contributed by atoms with Gasteiger partial charge in [-0.15, -0.1) is 0 Å². The fourth-order valence-corrected chi connectivity index (χ4v) is 3.86. The number of fused-ring (bicyclic) bond motifs is 1. The van der Waals surface area contributed by atoms with Gasteiger partial charge in [-0.05, 0) is 49.7 Å².